The molecule has 2 amide bonds. The lowest BCUT2D eigenvalue weighted by Gasteiger charge is -2.55. The van der Waals surface area contributed by atoms with Crippen molar-refractivity contribution in [1.29, 1.82) is 0 Å². The molecular formula is C29H38N4O2. The van der Waals surface area contributed by atoms with Crippen LogP contribution in [0, 0.1) is 42.9 Å². The minimum atomic E-state index is -0.593. The largest absolute Gasteiger partial charge is 0.344 e. The molecule has 1 heterocycles. The number of nitrogens with zero attached hydrogens (tertiary/aromatic N) is 2. The molecule has 186 valence electrons. The Bertz CT molecular complexity index is 1100. The van der Waals surface area contributed by atoms with Gasteiger partial charge in [0.05, 0.1) is 6.21 Å². The van der Waals surface area contributed by atoms with Crippen LogP contribution in [0.25, 0.3) is 5.69 Å². The predicted molar refractivity (Wildman–Crippen MR) is 138 cm³/mol. The van der Waals surface area contributed by atoms with Gasteiger partial charge in [0.2, 0.25) is 5.91 Å². The molecule has 6 rings (SSSR count). The van der Waals surface area contributed by atoms with Crippen LogP contribution in [-0.2, 0) is 9.59 Å². The number of hydrogen-bond acceptors (Lipinski definition) is 3. The molecule has 2 N–H and O–H groups in total. The van der Waals surface area contributed by atoms with Gasteiger partial charge in [-0.2, -0.15) is 5.10 Å². The predicted octanol–water partition coefficient (Wildman–Crippen LogP) is 4.90. The molecule has 1 aromatic carbocycles. The molecule has 2 aromatic rings. The summed E-state index contributed by atoms with van der Waals surface area (Å²) in [5, 5.41) is 7.40. The average Bonchev–Trinajstić information content (AvgIpc) is 3.09. The number of benzene rings is 1. The first-order chi connectivity index (χ1) is 16.8. The molecule has 0 aliphatic heterocycles. The van der Waals surface area contributed by atoms with Gasteiger partial charge in [0.15, 0.2) is 0 Å². The number of carbonyl (C=O) groups is 2. The summed E-state index contributed by atoms with van der Waals surface area (Å²) in [6, 6.07) is 11.7. The van der Waals surface area contributed by atoms with Gasteiger partial charge in [-0.25, -0.2) is 5.43 Å². The van der Waals surface area contributed by atoms with Gasteiger partial charge in [-0.3, -0.25) is 9.59 Å². The van der Waals surface area contributed by atoms with Crippen LogP contribution in [0.3, 0.4) is 0 Å². The van der Waals surface area contributed by atoms with Gasteiger partial charge < -0.3 is 9.88 Å². The highest BCUT2D eigenvalue weighted by Gasteiger charge is 2.55. The normalized spacial score (nSPS) is 28.0. The minimum absolute atomic E-state index is 0.0220. The number of hydrogen-bond donors (Lipinski definition) is 2. The lowest BCUT2D eigenvalue weighted by Crippen LogP contribution is -2.58. The van der Waals surface area contributed by atoms with E-state index >= 15 is 0 Å². The maximum atomic E-state index is 13.5. The van der Waals surface area contributed by atoms with Crippen molar-refractivity contribution in [3.63, 3.8) is 0 Å². The highest BCUT2D eigenvalue weighted by atomic mass is 16.2. The summed E-state index contributed by atoms with van der Waals surface area (Å²) >= 11 is 0. The van der Waals surface area contributed by atoms with Crippen molar-refractivity contribution < 1.29 is 9.59 Å². The van der Waals surface area contributed by atoms with Crippen LogP contribution in [0.15, 0.2) is 41.5 Å². The quantitative estimate of drug-likeness (QED) is 0.442. The van der Waals surface area contributed by atoms with Crippen molar-refractivity contribution in [1.82, 2.24) is 15.3 Å². The Morgan fingerprint density at radius 3 is 2.20 bits per heavy atom. The number of amides is 2. The Hall–Kier alpha value is -2.89. The van der Waals surface area contributed by atoms with E-state index in [0.717, 1.165) is 41.9 Å². The first kappa shape index (κ1) is 23.8. The van der Waals surface area contributed by atoms with Crippen LogP contribution < -0.4 is 10.7 Å². The van der Waals surface area contributed by atoms with E-state index in [9.17, 15) is 9.59 Å². The van der Waals surface area contributed by atoms with Crippen LogP contribution in [0.5, 0.6) is 0 Å². The fourth-order valence-corrected chi connectivity index (χ4v) is 7.35. The Balaban J connectivity index is 1.25. The zero-order valence-electron chi connectivity index (χ0n) is 21.4. The summed E-state index contributed by atoms with van der Waals surface area (Å²) in [6.07, 6.45) is 8.55. The summed E-state index contributed by atoms with van der Waals surface area (Å²) < 4.78 is 2.17. The summed E-state index contributed by atoms with van der Waals surface area (Å²) in [6.45, 7) is 8.05. The van der Waals surface area contributed by atoms with E-state index in [2.05, 4.69) is 45.5 Å². The van der Waals surface area contributed by atoms with Gasteiger partial charge in [0.1, 0.15) is 6.04 Å². The second-order valence-corrected chi connectivity index (χ2v) is 11.6. The number of rotatable bonds is 7. The van der Waals surface area contributed by atoms with Crippen molar-refractivity contribution >= 4 is 18.0 Å². The molecule has 0 spiro atoms. The van der Waals surface area contributed by atoms with E-state index in [1.54, 1.807) is 6.21 Å². The fourth-order valence-electron chi connectivity index (χ4n) is 7.35. The number of para-hydroxylation sites is 1. The number of nitrogens with one attached hydrogen (secondary N) is 2. The van der Waals surface area contributed by atoms with Gasteiger partial charge >= 0.3 is 0 Å². The monoisotopic (exact) mass is 474 g/mol. The number of hydrazone groups is 1. The number of aryl methyl sites for hydroxylation is 1. The third-order valence-electron chi connectivity index (χ3n) is 8.62. The van der Waals surface area contributed by atoms with E-state index in [-0.39, 0.29) is 23.1 Å². The molecule has 1 unspecified atom stereocenters. The standard InChI is InChI=1S/C29H38N4O2/c1-18(2)26(31-28(35)29-14-21-11-22(15-29)13-23(12-21)16-29)27(34)32-30-17-24-10-19(3)33(20(24)4)25-8-6-5-7-9-25/h5-10,17-18,21-23,26H,11-16H2,1-4H3,(H,31,35)(H,32,34). The van der Waals surface area contributed by atoms with E-state index < -0.39 is 6.04 Å². The summed E-state index contributed by atoms with van der Waals surface area (Å²) in [5.41, 5.74) is 6.63. The van der Waals surface area contributed by atoms with Crippen molar-refractivity contribution in [2.75, 3.05) is 0 Å². The van der Waals surface area contributed by atoms with E-state index in [1.807, 2.05) is 39.0 Å². The third kappa shape index (κ3) is 4.55. The molecular weight excluding hydrogens is 436 g/mol. The van der Waals surface area contributed by atoms with Crippen molar-refractivity contribution in [3.05, 3.63) is 53.3 Å². The van der Waals surface area contributed by atoms with Crippen molar-refractivity contribution in [3.8, 4) is 5.69 Å². The SMILES string of the molecule is Cc1cc(C=NNC(=O)C(NC(=O)C23CC4CC(CC(C4)C2)C3)C(C)C)c(C)n1-c1ccccc1. The third-order valence-corrected chi connectivity index (χ3v) is 8.62. The van der Waals surface area contributed by atoms with Crippen LogP contribution in [-0.4, -0.2) is 28.6 Å². The molecule has 0 saturated heterocycles. The second kappa shape index (κ2) is 9.29. The van der Waals surface area contributed by atoms with Gasteiger partial charge in [-0.15, -0.1) is 0 Å². The molecule has 0 radical (unpaired) electrons. The lowest BCUT2D eigenvalue weighted by atomic mass is 9.49. The summed E-state index contributed by atoms with van der Waals surface area (Å²) in [4.78, 5) is 26.6. The molecule has 1 aromatic heterocycles. The molecule has 1 atom stereocenters. The van der Waals surface area contributed by atoms with E-state index in [4.69, 9.17) is 0 Å². The molecule has 4 saturated carbocycles. The van der Waals surface area contributed by atoms with Gasteiger partial charge in [-0.05, 0) is 94.2 Å². The Morgan fingerprint density at radius 2 is 1.63 bits per heavy atom. The molecule has 6 heteroatoms. The first-order valence-electron chi connectivity index (χ1n) is 13.1. The van der Waals surface area contributed by atoms with E-state index in [0.29, 0.717) is 17.8 Å². The van der Waals surface area contributed by atoms with Crippen LogP contribution in [0.4, 0.5) is 0 Å². The molecule has 4 aliphatic carbocycles. The van der Waals surface area contributed by atoms with Crippen molar-refractivity contribution in [2.45, 2.75) is 72.3 Å². The van der Waals surface area contributed by atoms with Crippen LogP contribution >= 0.6 is 0 Å². The second-order valence-electron chi connectivity index (χ2n) is 11.6. The van der Waals surface area contributed by atoms with Crippen LogP contribution in [0.1, 0.15) is 69.3 Å². The Kier molecular flexibility index (Phi) is 6.32. The van der Waals surface area contributed by atoms with Gasteiger partial charge in [-0.1, -0.05) is 32.0 Å². The summed E-state index contributed by atoms with van der Waals surface area (Å²) in [7, 11) is 0. The smallest absolute Gasteiger partial charge is 0.262 e. The average molecular weight is 475 g/mol. The van der Waals surface area contributed by atoms with E-state index in [1.165, 1.54) is 19.3 Å². The summed E-state index contributed by atoms with van der Waals surface area (Å²) in [5.74, 6) is 1.88. The molecule has 35 heavy (non-hydrogen) atoms. The molecule has 6 nitrogen and oxygen atoms in total. The van der Waals surface area contributed by atoms with Gasteiger partial charge in [0.25, 0.3) is 5.91 Å². The highest BCUT2D eigenvalue weighted by molar-refractivity contribution is 5.91. The minimum Gasteiger partial charge on any atom is -0.344 e. The zero-order chi connectivity index (χ0) is 24.7. The van der Waals surface area contributed by atoms with Crippen molar-refractivity contribution in [2.24, 2.45) is 34.2 Å². The maximum Gasteiger partial charge on any atom is 0.262 e. The number of aromatic nitrogens is 1. The topological polar surface area (TPSA) is 75.5 Å². The van der Waals surface area contributed by atoms with Crippen LogP contribution in [0.2, 0.25) is 0 Å². The molecule has 4 fully saturated rings. The molecule has 4 bridgehead atoms. The fraction of sp³-hybridized carbons (Fsp3) is 0.552. The first-order valence-corrected chi connectivity index (χ1v) is 13.1. The molecule has 4 aliphatic rings. The highest BCUT2D eigenvalue weighted by Crippen LogP contribution is 2.60. The number of carbonyl (C=O) groups excluding carboxylic acids is 2. The zero-order valence-corrected chi connectivity index (χ0v) is 21.4. The Labute approximate surface area is 208 Å². The van der Waals surface area contributed by atoms with Gasteiger partial charge in [0, 0.05) is 28.1 Å². The lowest BCUT2D eigenvalue weighted by molar-refractivity contribution is -0.149. The Morgan fingerprint density at radius 1 is 1.03 bits per heavy atom. The maximum absolute atomic E-state index is 13.5.